The molecule has 6 rings (SSSR count). The van der Waals surface area contributed by atoms with Gasteiger partial charge in [0.05, 0.1) is 24.2 Å². The molecule has 4 heterocycles. The fourth-order valence-corrected chi connectivity index (χ4v) is 7.40. The highest BCUT2D eigenvalue weighted by atomic mass is 16.5. The van der Waals surface area contributed by atoms with Gasteiger partial charge in [0, 0.05) is 36.6 Å². The Labute approximate surface area is 227 Å². The number of piperidine rings is 1. The normalized spacial score (nSPS) is 28.2. The van der Waals surface area contributed by atoms with Gasteiger partial charge in [-0.1, -0.05) is 63.2 Å². The molecule has 6 nitrogen and oxygen atoms in total. The lowest BCUT2D eigenvalue weighted by atomic mass is 9.85. The van der Waals surface area contributed by atoms with E-state index in [9.17, 15) is 4.79 Å². The van der Waals surface area contributed by atoms with Crippen LogP contribution in [0.4, 0.5) is 0 Å². The predicted molar refractivity (Wildman–Crippen MR) is 151 cm³/mol. The quantitative estimate of drug-likeness (QED) is 0.438. The van der Waals surface area contributed by atoms with E-state index in [4.69, 9.17) is 9.72 Å². The third kappa shape index (κ3) is 4.56. The number of amides is 1. The van der Waals surface area contributed by atoms with Crippen molar-refractivity contribution < 1.29 is 9.53 Å². The number of hydrogen-bond donors (Lipinski definition) is 0. The van der Waals surface area contributed by atoms with Crippen LogP contribution in [0.3, 0.4) is 0 Å². The first-order valence-corrected chi connectivity index (χ1v) is 14.4. The summed E-state index contributed by atoms with van der Waals surface area (Å²) in [5.74, 6) is 1.34. The summed E-state index contributed by atoms with van der Waals surface area (Å²) in [5.41, 5.74) is 2.71. The third-order valence-electron chi connectivity index (χ3n) is 9.19. The largest absolute Gasteiger partial charge is 0.367 e. The summed E-state index contributed by atoms with van der Waals surface area (Å²) in [7, 11) is 0. The maximum atomic E-state index is 13.3. The summed E-state index contributed by atoms with van der Waals surface area (Å²) in [6.07, 6.45) is 5.77. The number of ether oxygens (including phenoxy) is 1. The number of imidazole rings is 1. The van der Waals surface area contributed by atoms with Crippen LogP contribution in [0, 0.1) is 12.3 Å². The number of aryl methyl sites for hydroxylation is 1. The fraction of sp³-hybridized carbons (Fsp3) is 0.562. The van der Waals surface area contributed by atoms with Gasteiger partial charge in [0.2, 0.25) is 5.91 Å². The molecule has 6 heteroatoms. The summed E-state index contributed by atoms with van der Waals surface area (Å²) in [6, 6.07) is 20.8. The SMILES string of the molecule is Cc1nc2ccccc2n1C1CC2CC[C@@H](C1)N2CCC1(c2ccccc2)CN(C(=O)C(C)(C)C)CCO1. The number of para-hydroxylation sites is 2. The Bertz CT molecular complexity index is 1280. The van der Waals surface area contributed by atoms with Crippen molar-refractivity contribution in [3.63, 3.8) is 0 Å². The second-order valence-electron chi connectivity index (χ2n) is 12.7. The number of nitrogens with zero attached hydrogens (tertiary/aromatic N) is 4. The van der Waals surface area contributed by atoms with Gasteiger partial charge in [-0.15, -0.1) is 0 Å². The van der Waals surface area contributed by atoms with Crippen LogP contribution in [-0.2, 0) is 15.1 Å². The molecule has 0 radical (unpaired) electrons. The van der Waals surface area contributed by atoms with Gasteiger partial charge in [-0.05, 0) is 56.7 Å². The Kier molecular flexibility index (Phi) is 6.59. The molecule has 202 valence electrons. The fourth-order valence-electron chi connectivity index (χ4n) is 7.40. The van der Waals surface area contributed by atoms with Gasteiger partial charge in [-0.3, -0.25) is 9.69 Å². The van der Waals surface area contributed by atoms with Crippen molar-refractivity contribution in [2.75, 3.05) is 26.2 Å². The molecular weight excluding hydrogens is 472 g/mol. The van der Waals surface area contributed by atoms with Crippen molar-refractivity contribution in [2.45, 2.75) is 83.5 Å². The van der Waals surface area contributed by atoms with Crippen LogP contribution in [0.2, 0.25) is 0 Å². The Morgan fingerprint density at radius 1 is 1.00 bits per heavy atom. The lowest BCUT2D eigenvalue weighted by Crippen LogP contribution is -2.55. The molecule has 0 aliphatic carbocycles. The average Bonchev–Trinajstić information content (AvgIpc) is 3.37. The minimum absolute atomic E-state index is 0.213. The molecule has 0 saturated carbocycles. The van der Waals surface area contributed by atoms with E-state index in [2.05, 4.69) is 71.0 Å². The highest BCUT2D eigenvalue weighted by molar-refractivity contribution is 5.81. The molecule has 3 fully saturated rings. The summed E-state index contributed by atoms with van der Waals surface area (Å²) in [6.45, 7) is 11.1. The van der Waals surface area contributed by atoms with Crippen molar-refractivity contribution >= 4 is 16.9 Å². The number of benzene rings is 2. The van der Waals surface area contributed by atoms with Crippen molar-refractivity contribution in [3.05, 3.63) is 66.0 Å². The monoisotopic (exact) mass is 514 g/mol. The van der Waals surface area contributed by atoms with Crippen LogP contribution in [-0.4, -0.2) is 63.6 Å². The molecule has 2 aromatic carbocycles. The van der Waals surface area contributed by atoms with Crippen molar-refractivity contribution in [1.82, 2.24) is 19.4 Å². The highest BCUT2D eigenvalue weighted by Crippen LogP contribution is 2.44. The van der Waals surface area contributed by atoms with E-state index in [1.165, 1.54) is 36.8 Å². The maximum absolute atomic E-state index is 13.3. The Balaban J connectivity index is 1.21. The van der Waals surface area contributed by atoms with Gasteiger partial charge in [0.25, 0.3) is 0 Å². The first kappa shape index (κ1) is 25.6. The molecule has 2 bridgehead atoms. The molecule has 0 spiro atoms. The maximum Gasteiger partial charge on any atom is 0.228 e. The number of carbonyl (C=O) groups is 1. The van der Waals surface area contributed by atoms with Crippen LogP contribution in [0.5, 0.6) is 0 Å². The number of carbonyl (C=O) groups excluding carboxylic acids is 1. The third-order valence-corrected chi connectivity index (χ3v) is 9.19. The molecule has 3 aliphatic heterocycles. The number of hydrogen-bond acceptors (Lipinski definition) is 4. The van der Waals surface area contributed by atoms with Crippen LogP contribution in [0.1, 0.15) is 70.3 Å². The van der Waals surface area contributed by atoms with E-state index in [0.717, 1.165) is 24.3 Å². The smallest absolute Gasteiger partial charge is 0.228 e. The van der Waals surface area contributed by atoms with Gasteiger partial charge >= 0.3 is 0 Å². The molecule has 3 aliphatic rings. The van der Waals surface area contributed by atoms with Gasteiger partial charge < -0.3 is 14.2 Å². The van der Waals surface area contributed by atoms with Gasteiger partial charge in [0.15, 0.2) is 0 Å². The molecule has 3 saturated heterocycles. The van der Waals surface area contributed by atoms with Gasteiger partial charge in [0.1, 0.15) is 11.4 Å². The molecule has 1 aromatic heterocycles. The molecule has 38 heavy (non-hydrogen) atoms. The summed E-state index contributed by atoms with van der Waals surface area (Å²) in [5, 5.41) is 0. The number of morpholine rings is 1. The lowest BCUT2D eigenvalue weighted by Gasteiger charge is -2.47. The number of rotatable bonds is 5. The first-order chi connectivity index (χ1) is 18.2. The van der Waals surface area contributed by atoms with Gasteiger partial charge in [-0.25, -0.2) is 4.98 Å². The zero-order valence-corrected chi connectivity index (χ0v) is 23.4. The Hall–Kier alpha value is -2.70. The molecule has 1 amide bonds. The second-order valence-corrected chi connectivity index (χ2v) is 12.7. The molecule has 4 atom stereocenters. The molecule has 3 unspecified atom stereocenters. The van der Waals surface area contributed by atoms with Crippen molar-refractivity contribution in [3.8, 4) is 0 Å². The summed E-state index contributed by atoms with van der Waals surface area (Å²) < 4.78 is 9.14. The highest BCUT2D eigenvalue weighted by Gasteiger charge is 2.46. The van der Waals surface area contributed by atoms with Crippen molar-refractivity contribution in [2.24, 2.45) is 5.41 Å². The Morgan fingerprint density at radius 3 is 2.39 bits per heavy atom. The van der Waals surface area contributed by atoms with E-state index in [-0.39, 0.29) is 5.91 Å². The standard InChI is InChI=1S/C32H42N4O2/c1-23-33-28-12-8-9-13-29(28)36(23)27-20-25-14-15-26(21-27)35(25)17-16-32(24-10-6-5-7-11-24)22-34(18-19-38-32)30(37)31(2,3)4/h5-13,25-27H,14-22H2,1-4H3/t25-,26?,27?,32?/m0/s1. The van der Waals surface area contributed by atoms with Crippen molar-refractivity contribution in [1.29, 1.82) is 0 Å². The second kappa shape index (κ2) is 9.80. The van der Waals surface area contributed by atoms with Gasteiger partial charge in [-0.2, -0.15) is 0 Å². The first-order valence-electron chi connectivity index (χ1n) is 14.4. The van der Waals surface area contributed by atoms with E-state index >= 15 is 0 Å². The summed E-state index contributed by atoms with van der Waals surface area (Å²) >= 11 is 0. The van der Waals surface area contributed by atoms with E-state index in [1.807, 2.05) is 25.7 Å². The Morgan fingerprint density at radius 2 is 1.68 bits per heavy atom. The van der Waals surface area contributed by atoms with E-state index in [0.29, 0.717) is 37.8 Å². The zero-order valence-electron chi connectivity index (χ0n) is 23.4. The van der Waals surface area contributed by atoms with Crippen LogP contribution in [0.15, 0.2) is 54.6 Å². The van der Waals surface area contributed by atoms with E-state index < -0.39 is 11.0 Å². The molecule has 3 aromatic rings. The molecule has 0 N–H and O–H groups in total. The van der Waals surface area contributed by atoms with Crippen LogP contribution >= 0.6 is 0 Å². The molecular formula is C32H42N4O2. The average molecular weight is 515 g/mol. The predicted octanol–water partition coefficient (Wildman–Crippen LogP) is 5.70. The lowest BCUT2D eigenvalue weighted by molar-refractivity contribution is -0.162. The van der Waals surface area contributed by atoms with Crippen LogP contribution < -0.4 is 0 Å². The minimum atomic E-state index is -0.464. The zero-order chi connectivity index (χ0) is 26.5. The number of aromatic nitrogens is 2. The number of fused-ring (bicyclic) bond motifs is 3. The minimum Gasteiger partial charge on any atom is -0.367 e. The topological polar surface area (TPSA) is 50.6 Å². The van der Waals surface area contributed by atoms with Crippen LogP contribution in [0.25, 0.3) is 11.0 Å². The summed E-state index contributed by atoms with van der Waals surface area (Å²) in [4.78, 5) is 23.0. The van der Waals surface area contributed by atoms with E-state index in [1.54, 1.807) is 0 Å².